The predicted octanol–water partition coefficient (Wildman–Crippen LogP) is 2.22. The van der Waals surface area contributed by atoms with Crippen molar-refractivity contribution in [3.63, 3.8) is 0 Å². The first-order chi connectivity index (χ1) is 11.6. The quantitative estimate of drug-likeness (QED) is 0.335. The molecule has 0 aliphatic carbocycles. The minimum Gasteiger partial charge on any atom is -0.455 e. The fourth-order valence-electron chi connectivity index (χ4n) is 2.22. The molecular formula is C17H17N5O2. The number of rotatable bonds is 3. The van der Waals surface area contributed by atoms with E-state index in [-0.39, 0.29) is 5.96 Å². The highest BCUT2D eigenvalue weighted by Gasteiger charge is 2.12. The Hall–Kier alpha value is -3.48. The number of guanidine groups is 1. The number of hydrogen-bond donors (Lipinski definition) is 4. The Balaban J connectivity index is 1.95. The number of carbonyl (C=O) groups excluding carboxylic acids is 1. The van der Waals surface area contributed by atoms with Crippen LogP contribution in [0.5, 0.6) is 11.5 Å². The summed E-state index contributed by atoms with van der Waals surface area (Å²) in [5, 5.41) is 3.44. The first kappa shape index (κ1) is 15.4. The number of nitrogens with one attached hydrogen (secondary N) is 2. The number of aromatic nitrogens is 1. The van der Waals surface area contributed by atoms with Gasteiger partial charge in [-0.3, -0.25) is 4.79 Å². The number of H-pyrrole nitrogens is 1. The number of para-hydroxylation sites is 1. The Morgan fingerprint density at radius 1 is 1.21 bits per heavy atom. The molecule has 1 amide bonds. The number of carbonyl (C=O) groups is 1. The van der Waals surface area contributed by atoms with Gasteiger partial charge in [-0.15, -0.1) is 0 Å². The molecule has 0 aliphatic rings. The molecule has 0 unspecified atom stereocenters. The number of nitrogen functional groups attached to an aromatic ring is 1. The molecule has 0 bridgehead atoms. The molecule has 24 heavy (non-hydrogen) atoms. The van der Waals surface area contributed by atoms with Crippen molar-refractivity contribution in [3.05, 3.63) is 54.2 Å². The molecule has 6 N–H and O–H groups in total. The second-order valence-electron chi connectivity index (χ2n) is 5.13. The molecule has 0 saturated carbocycles. The lowest BCUT2D eigenvalue weighted by atomic mass is 10.2. The number of amides is 1. The smallest absolute Gasteiger partial charge is 0.296 e. The lowest BCUT2D eigenvalue weighted by Gasteiger charge is -2.07. The van der Waals surface area contributed by atoms with Gasteiger partial charge in [-0.2, -0.15) is 4.99 Å². The second kappa shape index (κ2) is 6.33. The molecule has 0 radical (unpaired) electrons. The summed E-state index contributed by atoms with van der Waals surface area (Å²) in [7, 11) is 1.59. The SMILES string of the molecule is CNC(N)=NC(=O)c1cc2cccc(Oc3ccc(N)cc3)c2[nH]1. The summed E-state index contributed by atoms with van der Waals surface area (Å²) in [6.45, 7) is 0. The van der Waals surface area contributed by atoms with Crippen molar-refractivity contribution in [2.24, 2.45) is 10.7 Å². The van der Waals surface area contributed by atoms with Crippen LogP contribution in [0.25, 0.3) is 10.9 Å². The average molecular weight is 323 g/mol. The molecule has 7 heteroatoms. The molecule has 0 atom stereocenters. The van der Waals surface area contributed by atoms with Crippen LogP contribution in [-0.4, -0.2) is 23.9 Å². The molecular weight excluding hydrogens is 306 g/mol. The first-order valence-electron chi connectivity index (χ1n) is 7.28. The number of ether oxygens (including phenoxy) is 1. The predicted molar refractivity (Wildman–Crippen MR) is 94.2 cm³/mol. The Morgan fingerprint density at radius 3 is 2.67 bits per heavy atom. The highest BCUT2D eigenvalue weighted by Crippen LogP contribution is 2.30. The summed E-state index contributed by atoms with van der Waals surface area (Å²) in [5.41, 5.74) is 12.9. The van der Waals surface area contributed by atoms with Gasteiger partial charge in [0.15, 0.2) is 11.7 Å². The van der Waals surface area contributed by atoms with E-state index in [1.165, 1.54) is 0 Å². The number of aromatic amines is 1. The third-order valence-electron chi connectivity index (χ3n) is 3.43. The number of anilines is 1. The Bertz CT molecular complexity index is 912. The summed E-state index contributed by atoms with van der Waals surface area (Å²) >= 11 is 0. The van der Waals surface area contributed by atoms with Crippen LogP contribution in [-0.2, 0) is 0 Å². The molecule has 1 heterocycles. The van der Waals surface area contributed by atoms with E-state index in [2.05, 4.69) is 15.3 Å². The molecule has 122 valence electrons. The minimum atomic E-state index is -0.462. The van der Waals surface area contributed by atoms with Gasteiger partial charge in [-0.25, -0.2) is 0 Å². The zero-order chi connectivity index (χ0) is 17.1. The number of aliphatic imine (C=N–C) groups is 1. The van der Waals surface area contributed by atoms with Crippen molar-refractivity contribution in [2.75, 3.05) is 12.8 Å². The molecule has 0 aliphatic heterocycles. The second-order valence-corrected chi connectivity index (χ2v) is 5.13. The van der Waals surface area contributed by atoms with Gasteiger partial charge in [0, 0.05) is 18.1 Å². The third-order valence-corrected chi connectivity index (χ3v) is 3.43. The lowest BCUT2D eigenvalue weighted by molar-refractivity contribution is 0.0998. The Labute approximate surface area is 138 Å². The zero-order valence-electron chi connectivity index (χ0n) is 13.0. The maximum absolute atomic E-state index is 12.1. The third kappa shape index (κ3) is 3.14. The number of fused-ring (bicyclic) bond motifs is 1. The van der Waals surface area contributed by atoms with E-state index < -0.39 is 5.91 Å². The van der Waals surface area contributed by atoms with Crippen LogP contribution in [0.4, 0.5) is 5.69 Å². The standard InChI is InChI=1S/C17H17N5O2/c1-20-17(19)22-16(23)13-9-10-3-2-4-14(15(10)21-13)24-12-7-5-11(18)6-8-12/h2-9,21H,18H2,1H3,(H3,19,20,22,23). The van der Waals surface area contributed by atoms with Crippen LogP contribution in [0.1, 0.15) is 10.5 Å². The molecule has 1 aromatic heterocycles. The van der Waals surface area contributed by atoms with Crippen LogP contribution in [0.15, 0.2) is 53.5 Å². The summed E-state index contributed by atoms with van der Waals surface area (Å²) in [6.07, 6.45) is 0. The van der Waals surface area contributed by atoms with E-state index in [9.17, 15) is 4.79 Å². The number of hydrogen-bond acceptors (Lipinski definition) is 3. The van der Waals surface area contributed by atoms with Gasteiger partial charge in [0.2, 0.25) is 0 Å². The average Bonchev–Trinajstić information content (AvgIpc) is 3.02. The van der Waals surface area contributed by atoms with Crippen molar-refractivity contribution in [2.45, 2.75) is 0 Å². The van der Waals surface area contributed by atoms with Gasteiger partial charge in [-0.05, 0) is 36.4 Å². The van der Waals surface area contributed by atoms with Crippen molar-refractivity contribution in [3.8, 4) is 11.5 Å². The molecule has 0 saturated heterocycles. The fraction of sp³-hybridized carbons (Fsp3) is 0.0588. The summed E-state index contributed by atoms with van der Waals surface area (Å²) < 4.78 is 5.87. The van der Waals surface area contributed by atoms with Gasteiger partial charge in [-0.1, -0.05) is 12.1 Å². The Kier molecular flexibility index (Phi) is 4.07. The molecule has 3 rings (SSSR count). The van der Waals surface area contributed by atoms with E-state index in [0.717, 1.165) is 5.39 Å². The topological polar surface area (TPSA) is 119 Å². The van der Waals surface area contributed by atoms with Crippen molar-refractivity contribution in [1.82, 2.24) is 10.3 Å². The maximum atomic E-state index is 12.1. The number of nitrogens with zero attached hydrogens (tertiary/aromatic N) is 1. The molecule has 7 nitrogen and oxygen atoms in total. The fourth-order valence-corrected chi connectivity index (χ4v) is 2.22. The highest BCUT2D eigenvalue weighted by atomic mass is 16.5. The maximum Gasteiger partial charge on any atom is 0.296 e. The van der Waals surface area contributed by atoms with Gasteiger partial charge in [0.25, 0.3) is 5.91 Å². The Morgan fingerprint density at radius 2 is 1.96 bits per heavy atom. The largest absolute Gasteiger partial charge is 0.455 e. The normalized spacial score (nSPS) is 11.5. The molecule has 0 fully saturated rings. The van der Waals surface area contributed by atoms with Crippen LogP contribution < -0.4 is 21.5 Å². The van der Waals surface area contributed by atoms with Gasteiger partial charge < -0.3 is 26.5 Å². The zero-order valence-corrected chi connectivity index (χ0v) is 13.0. The van der Waals surface area contributed by atoms with E-state index in [1.54, 1.807) is 37.4 Å². The number of benzene rings is 2. The summed E-state index contributed by atoms with van der Waals surface area (Å²) in [5.74, 6) is 0.840. The molecule has 3 aromatic rings. The molecule has 0 spiro atoms. The van der Waals surface area contributed by atoms with E-state index >= 15 is 0 Å². The number of nitrogens with two attached hydrogens (primary N) is 2. The van der Waals surface area contributed by atoms with E-state index in [4.69, 9.17) is 16.2 Å². The summed E-state index contributed by atoms with van der Waals surface area (Å²) in [6, 6.07) is 14.3. The van der Waals surface area contributed by atoms with Gasteiger partial charge in [0.05, 0.1) is 5.52 Å². The van der Waals surface area contributed by atoms with Crippen molar-refractivity contribution >= 4 is 28.5 Å². The van der Waals surface area contributed by atoms with Crippen LogP contribution in [0.3, 0.4) is 0 Å². The summed E-state index contributed by atoms with van der Waals surface area (Å²) in [4.78, 5) is 18.9. The monoisotopic (exact) mass is 323 g/mol. The van der Waals surface area contributed by atoms with Crippen molar-refractivity contribution < 1.29 is 9.53 Å². The van der Waals surface area contributed by atoms with Crippen molar-refractivity contribution in [1.29, 1.82) is 0 Å². The van der Waals surface area contributed by atoms with E-state index in [0.29, 0.717) is 28.4 Å². The minimum absolute atomic E-state index is 0.0528. The van der Waals surface area contributed by atoms with Crippen LogP contribution in [0.2, 0.25) is 0 Å². The van der Waals surface area contributed by atoms with Gasteiger partial charge >= 0.3 is 0 Å². The van der Waals surface area contributed by atoms with Crippen LogP contribution >= 0.6 is 0 Å². The van der Waals surface area contributed by atoms with Gasteiger partial charge in [0.1, 0.15) is 11.4 Å². The van der Waals surface area contributed by atoms with E-state index in [1.807, 2.05) is 18.2 Å². The molecule has 2 aromatic carbocycles. The first-order valence-corrected chi connectivity index (χ1v) is 7.28. The van der Waals surface area contributed by atoms with Crippen LogP contribution in [0, 0.1) is 0 Å². The lowest BCUT2D eigenvalue weighted by Crippen LogP contribution is -2.28. The highest BCUT2D eigenvalue weighted by molar-refractivity contribution is 6.04.